The second-order valence-corrected chi connectivity index (χ2v) is 10.1. The molecule has 2 aromatic rings. The fourth-order valence-corrected chi connectivity index (χ4v) is 4.75. The summed E-state index contributed by atoms with van der Waals surface area (Å²) in [5.74, 6) is 0.545. The summed E-state index contributed by atoms with van der Waals surface area (Å²) in [6, 6.07) is 14.0. The second kappa shape index (κ2) is 8.16. The molecule has 2 aromatic carbocycles. The highest BCUT2D eigenvalue weighted by molar-refractivity contribution is 7.89. The number of ether oxygens (including phenoxy) is 1. The Kier molecular flexibility index (Phi) is 6.00. The zero-order valence-electron chi connectivity index (χ0n) is 17.4. The largest absolute Gasteiger partial charge is 0.497 e. The maximum atomic E-state index is 12.8. The molecule has 1 amide bonds. The molecule has 1 heterocycles. The lowest BCUT2D eigenvalue weighted by Gasteiger charge is -2.34. The van der Waals surface area contributed by atoms with Gasteiger partial charge in [-0.05, 0) is 47.4 Å². The highest BCUT2D eigenvalue weighted by Gasteiger charge is 2.30. The van der Waals surface area contributed by atoms with Crippen molar-refractivity contribution in [1.29, 1.82) is 0 Å². The highest BCUT2D eigenvalue weighted by Crippen LogP contribution is 2.24. The van der Waals surface area contributed by atoms with Crippen LogP contribution in [0.5, 0.6) is 5.75 Å². The summed E-state index contributed by atoms with van der Waals surface area (Å²) in [4.78, 5) is 14.7. The fourth-order valence-electron chi connectivity index (χ4n) is 3.32. The first-order valence-corrected chi connectivity index (χ1v) is 11.1. The number of piperazine rings is 1. The lowest BCUT2D eigenvalue weighted by molar-refractivity contribution is 0.0698. The third-order valence-corrected chi connectivity index (χ3v) is 7.13. The van der Waals surface area contributed by atoms with Gasteiger partial charge in [0.05, 0.1) is 12.0 Å². The first kappa shape index (κ1) is 21.3. The predicted octanol–water partition coefficient (Wildman–Crippen LogP) is 3.14. The molecule has 0 saturated carbocycles. The van der Waals surface area contributed by atoms with Crippen LogP contribution in [0.4, 0.5) is 0 Å². The van der Waals surface area contributed by atoms with Crippen LogP contribution in [-0.4, -0.2) is 56.8 Å². The molecule has 1 aliphatic rings. The molecular formula is C22H28N2O4S. The summed E-state index contributed by atoms with van der Waals surface area (Å²) >= 11 is 0. The zero-order chi connectivity index (χ0) is 21.2. The van der Waals surface area contributed by atoms with Crippen LogP contribution in [0.1, 0.15) is 36.7 Å². The van der Waals surface area contributed by atoms with Gasteiger partial charge in [-0.2, -0.15) is 4.31 Å². The van der Waals surface area contributed by atoms with Gasteiger partial charge >= 0.3 is 0 Å². The molecule has 0 aliphatic carbocycles. The van der Waals surface area contributed by atoms with E-state index >= 15 is 0 Å². The molecular weight excluding hydrogens is 388 g/mol. The van der Waals surface area contributed by atoms with Crippen molar-refractivity contribution in [2.24, 2.45) is 0 Å². The Morgan fingerprint density at radius 1 is 0.897 bits per heavy atom. The quantitative estimate of drug-likeness (QED) is 0.768. The van der Waals surface area contributed by atoms with Crippen LogP contribution < -0.4 is 4.74 Å². The fraction of sp³-hybridized carbons (Fsp3) is 0.409. The van der Waals surface area contributed by atoms with Gasteiger partial charge in [0.25, 0.3) is 5.91 Å². The Balaban J connectivity index is 1.65. The number of carbonyl (C=O) groups excluding carboxylic acids is 1. The summed E-state index contributed by atoms with van der Waals surface area (Å²) < 4.78 is 32.2. The Bertz CT molecular complexity index is 953. The van der Waals surface area contributed by atoms with Crippen LogP contribution in [0.2, 0.25) is 0 Å². The van der Waals surface area contributed by atoms with Crippen molar-refractivity contribution in [2.75, 3.05) is 33.3 Å². The number of methoxy groups -OCH3 is 1. The summed E-state index contributed by atoms with van der Waals surface area (Å²) in [6.07, 6.45) is 0. The van der Waals surface area contributed by atoms with E-state index in [4.69, 9.17) is 4.74 Å². The maximum absolute atomic E-state index is 12.8. The molecule has 3 rings (SSSR count). The minimum Gasteiger partial charge on any atom is -0.497 e. The number of carbonyl (C=O) groups is 1. The van der Waals surface area contributed by atoms with Crippen LogP contribution in [0.15, 0.2) is 53.4 Å². The molecule has 1 aliphatic heterocycles. The van der Waals surface area contributed by atoms with Crippen molar-refractivity contribution < 1.29 is 17.9 Å². The molecule has 0 bridgehead atoms. The van der Waals surface area contributed by atoms with Crippen molar-refractivity contribution in [2.45, 2.75) is 31.1 Å². The predicted molar refractivity (Wildman–Crippen MR) is 113 cm³/mol. The van der Waals surface area contributed by atoms with Crippen molar-refractivity contribution >= 4 is 15.9 Å². The number of hydrogen-bond donors (Lipinski definition) is 0. The Hall–Kier alpha value is -2.38. The molecule has 1 saturated heterocycles. The molecule has 7 heteroatoms. The SMILES string of the molecule is COc1ccc(S(=O)(=O)N2CCN(C(=O)c3ccc(C(C)(C)C)cc3)CC2)cc1. The summed E-state index contributed by atoms with van der Waals surface area (Å²) in [7, 11) is -2.04. The molecule has 156 valence electrons. The van der Waals surface area contributed by atoms with E-state index in [1.165, 1.54) is 17.0 Å². The average molecular weight is 417 g/mol. The topological polar surface area (TPSA) is 66.9 Å². The van der Waals surface area contributed by atoms with Gasteiger partial charge in [-0.3, -0.25) is 4.79 Å². The summed E-state index contributed by atoms with van der Waals surface area (Å²) in [5.41, 5.74) is 1.83. The molecule has 0 radical (unpaired) electrons. The van der Waals surface area contributed by atoms with Gasteiger partial charge in [0.2, 0.25) is 10.0 Å². The van der Waals surface area contributed by atoms with Gasteiger partial charge in [0.1, 0.15) is 5.75 Å². The van der Waals surface area contributed by atoms with E-state index in [2.05, 4.69) is 20.8 Å². The summed E-state index contributed by atoms with van der Waals surface area (Å²) in [5, 5.41) is 0. The van der Waals surface area contributed by atoms with E-state index in [0.29, 0.717) is 24.4 Å². The van der Waals surface area contributed by atoms with Gasteiger partial charge < -0.3 is 9.64 Å². The van der Waals surface area contributed by atoms with Crippen LogP contribution in [-0.2, 0) is 15.4 Å². The van der Waals surface area contributed by atoms with Crippen molar-refractivity contribution in [1.82, 2.24) is 9.21 Å². The van der Waals surface area contributed by atoms with Gasteiger partial charge in [0, 0.05) is 31.7 Å². The van der Waals surface area contributed by atoms with E-state index in [1.54, 1.807) is 29.2 Å². The van der Waals surface area contributed by atoms with E-state index in [-0.39, 0.29) is 29.3 Å². The molecule has 0 unspecified atom stereocenters. The number of amides is 1. The van der Waals surface area contributed by atoms with Crippen LogP contribution >= 0.6 is 0 Å². The molecule has 29 heavy (non-hydrogen) atoms. The normalized spacial score (nSPS) is 15.9. The Labute approximate surface area is 173 Å². The lowest BCUT2D eigenvalue weighted by atomic mass is 9.86. The van der Waals surface area contributed by atoms with Crippen molar-refractivity contribution in [3.05, 3.63) is 59.7 Å². The third kappa shape index (κ3) is 4.62. The smallest absolute Gasteiger partial charge is 0.253 e. The number of hydrogen-bond acceptors (Lipinski definition) is 4. The minimum atomic E-state index is -3.58. The second-order valence-electron chi connectivity index (χ2n) is 8.20. The van der Waals surface area contributed by atoms with Crippen LogP contribution in [0.3, 0.4) is 0 Å². The minimum absolute atomic E-state index is 0.0308. The van der Waals surface area contributed by atoms with Crippen molar-refractivity contribution in [3.8, 4) is 5.75 Å². The van der Waals surface area contributed by atoms with Crippen LogP contribution in [0, 0.1) is 0 Å². The number of benzene rings is 2. The lowest BCUT2D eigenvalue weighted by Crippen LogP contribution is -2.50. The van der Waals surface area contributed by atoms with Gasteiger partial charge in [-0.25, -0.2) is 8.42 Å². The zero-order valence-corrected chi connectivity index (χ0v) is 18.2. The van der Waals surface area contributed by atoms with E-state index in [9.17, 15) is 13.2 Å². The number of rotatable bonds is 4. The van der Waals surface area contributed by atoms with E-state index in [1.807, 2.05) is 24.3 Å². The Morgan fingerprint density at radius 2 is 1.45 bits per heavy atom. The molecule has 0 spiro atoms. The third-order valence-electron chi connectivity index (χ3n) is 5.22. The molecule has 6 nitrogen and oxygen atoms in total. The van der Waals surface area contributed by atoms with Gasteiger partial charge in [-0.1, -0.05) is 32.9 Å². The van der Waals surface area contributed by atoms with E-state index in [0.717, 1.165) is 0 Å². The number of nitrogens with zero attached hydrogens (tertiary/aromatic N) is 2. The molecule has 0 N–H and O–H groups in total. The molecule has 0 atom stereocenters. The standard InChI is InChI=1S/C22H28N2O4S/c1-22(2,3)18-7-5-17(6-8-18)21(25)23-13-15-24(16-14-23)29(26,27)20-11-9-19(28-4)10-12-20/h5-12H,13-16H2,1-4H3. The first-order valence-electron chi connectivity index (χ1n) is 9.67. The maximum Gasteiger partial charge on any atom is 0.253 e. The van der Waals surface area contributed by atoms with E-state index < -0.39 is 10.0 Å². The van der Waals surface area contributed by atoms with Gasteiger partial charge in [0.15, 0.2) is 0 Å². The summed E-state index contributed by atoms with van der Waals surface area (Å²) in [6.45, 7) is 7.69. The Morgan fingerprint density at radius 3 is 1.93 bits per heavy atom. The van der Waals surface area contributed by atoms with Gasteiger partial charge in [-0.15, -0.1) is 0 Å². The molecule has 1 fully saturated rings. The number of sulfonamides is 1. The highest BCUT2D eigenvalue weighted by atomic mass is 32.2. The average Bonchev–Trinajstić information content (AvgIpc) is 2.73. The first-order chi connectivity index (χ1) is 13.6. The van der Waals surface area contributed by atoms with Crippen LogP contribution in [0.25, 0.3) is 0 Å². The monoisotopic (exact) mass is 416 g/mol. The molecule has 0 aromatic heterocycles. The van der Waals surface area contributed by atoms with Crippen molar-refractivity contribution in [3.63, 3.8) is 0 Å².